The number of rotatable bonds is 10. The number of carbonyl (C=O) groups excluding carboxylic acids is 1. The Balaban J connectivity index is 2.64. The minimum atomic E-state index is -0.115. The largest absolute Gasteiger partial charge is 0.490 e. The first-order chi connectivity index (χ1) is 10.2. The van der Waals surface area contributed by atoms with E-state index in [-0.39, 0.29) is 12.5 Å². The third-order valence-corrected chi connectivity index (χ3v) is 2.82. The van der Waals surface area contributed by atoms with Crippen molar-refractivity contribution in [2.45, 2.75) is 33.7 Å². The molecule has 0 radical (unpaired) electrons. The number of amides is 1. The minimum Gasteiger partial charge on any atom is -0.490 e. The molecule has 0 spiro atoms. The Hall–Kier alpha value is -1.75. The Morgan fingerprint density at radius 3 is 2.62 bits per heavy atom. The van der Waals surface area contributed by atoms with Crippen LogP contribution in [0.15, 0.2) is 18.2 Å². The average Bonchev–Trinajstić information content (AvgIpc) is 2.50. The smallest absolute Gasteiger partial charge is 0.257 e. The van der Waals surface area contributed by atoms with Crippen LogP contribution in [0.25, 0.3) is 0 Å². The average molecular weight is 294 g/mol. The summed E-state index contributed by atoms with van der Waals surface area (Å²) in [5.74, 6) is 1.16. The van der Waals surface area contributed by atoms with Crippen LogP contribution < -0.4 is 20.1 Å². The van der Waals surface area contributed by atoms with Crippen molar-refractivity contribution >= 4 is 5.91 Å². The van der Waals surface area contributed by atoms with Gasteiger partial charge in [0.25, 0.3) is 5.91 Å². The van der Waals surface area contributed by atoms with Crippen molar-refractivity contribution in [2.75, 3.05) is 26.3 Å². The molecule has 0 saturated heterocycles. The zero-order valence-corrected chi connectivity index (χ0v) is 13.2. The molecule has 0 atom stereocenters. The van der Waals surface area contributed by atoms with Gasteiger partial charge < -0.3 is 20.1 Å². The van der Waals surface area contributed by atoms with Gasteiger partial charge in [-0.15, -0.1) is 0 Å². The van der Waals surface area contributed by atoms with Gasteiger partial charge in [-0.3, -0.25) is 4.79 Å². The Morgan fingerprint density at radius 2 is 1.95 bits per heavy atom. The molecule has 0 aliphatic carbocycles. The maximum Gasteiger partial charge on any atom is 0.257 e. The molecule has 1 aromatic carbocycles. The van der Waals surface area contributed by atoms with Crippen molar-refractivity contribution in [3.8, 4) is 11.5 Å². The first kappa shape index (κ1) is 17.3. The second-order valence-corrected chi connectivity index (χ2v) is 4.63. The van der Waals surface area contributed by atoms with Crippen molar-refractivity contribution in [3.05, 3.63) is 23.8 Å². The minimum absolute atomic E-state index is 0.00658. The third kappa shape index (κ3) is 6.49. The molecule has 0 saturated carbocycles. The van der Waals surface area contributed by atoms with E-state index in [2.05, 4.69) is 17.6 Å². The van der Waals surface area contributed by atoms with Crippen LogP contribution in [0.1, 0.15) is 32.8 Å². The topological polar surface area (TPSA) is 59.6 Å². The highest BCUT2D eigenvalue weighted by atomic mass is 16.5. The summed E-state index contributed by atoms with van der Waals surface area (Å²) in [6.45, 7) is 8.94. The first-order valence-corrected chi connectivity index (χ1v) is 7.57. The molecule has 0 aliphatic rings. The molecule has 0 aliphatic heterocycles. The fraction of sp³-hybridized carbons (Fsp3) is 0.562. The van der Waals surface area contributed by atoms with Crippen LogP contribution in [-0.4, -0.2) is 32.2 Å². The predicted octanol–water partition coefficient (Wildman–Crippen LogP) is 2.10. The summed E-state index contributed by atoms with van der Waals surface area (Å²) in [4.78, 5) is 11.6. The standard InChI is InChI=1S/C16H26N2O3/c1-4-9-18-16(19)12-21-14-8-7-13(11-17-5-2)10-15(14)20-6-3/h7-8,10,17H,4-6,9,11-12H2,1-3H3,(H,18,19). The summed E-state index contributed by atoms with van der Waals surface area (Å²) in [6, 6.07) is 5.78. The van der Waals surface area contributed by atoms with Gasteiger partial charge in [-0.1, -0.05) is 19.9 Å². The van der Waals surface area contributed by atoms with E-state index in [1.54, 1.807) is 0 Å². The summed E-state index contributed by atoms with van der Waals surface area (Å²) in [5.41, 5.74) is 1.13. The molecule has 0 unspecified atom stereocenters. The van der Waals surface area contributed by atoms with E-state index in [0.717, 1.165) is 25.1 Å². The fourth-order valence-electron chi connectivity index (χ4n) is 1.78. The number of benzene rings is 1. The van der Waals surface area contributed by atoms with Gasteiger partial charge in [-0.05, 0) is 37.6 Å². The molecule has 5 heteroatoms. The van der Waals surface area contributed by atoms with Crippen LogP contribution in [0.4, 0.5) is 0 Å². The van der Waals surface area contributed by atoms with E-state index in [1.807, 2.05) is 32.0 Å². The fourth-order valence-corrected chi connectivity index (χ4v) is 1.78. The molecule has 2 N–H and O–H groups in total. The molecule has 0 aromatic heterocycles. The molecule has 0 heterocycles. The number of carbonyl (C=O) groups is 1. The van der Waals surface area contributed by atoms with Crippen molar-refractivity contribution in [1.29, 1.82) is 0 Å². The Morgan fingerprint density at radius 1 is 1.14 bits per heavy atom. The lowest BCUT2D eigenvalue weighted by Gasteiger charge is -2.13. The highest BCUT2D eigenvalue weighted by Crippen LogP contribution is 2.28. The summed E-state index contributed by atoms with van der Waals surface area (Å²) in [5, 5.41) is 6.04. The Kier molecular flexibility index (Phi) is 8.28. The SMILES string of the molecule is CCCNC(=O)COc1ccc(CNCC)cc1OCC. The van der Waals surface area contributed by atoms with Crippen LogP contribution in [-0.2, 0) is 11.3 Å². The van der Waals surface area contributed by atoms with Gasteiger partial charge in [0.05, 0.1) is 6.61 Å². The van der Waals surface area contributed by atoms with Gasteiger partial charge in [-0.2, -0.15) is 0 Å². The third-order valence-electron chi connectivity index (χ3n) is 2.82. The highest BCUT2D eigenvalue weighted by molar-refractivity contribution is 5.77. The molecular formula is C16H26N2O3. The summed E-state index contributed by atoms with van der Waals surface area (Å²) in [7, 11) is 0. The molecule has 118 valence electrons. The lowest BCUT2D eigenvalue weighted by Crippen LogP contribution is -2.29. The molecule has 1 aromatic rings. The lowest BCUT2D eigenvalue weighted by molar-refractivity contribution is -0.123. The van der Waals surface area contributed by atoms with Gasteiger partial charge in [0.2, 0.25) is 0 Å². The molecule has 21 heavy (non-hydrogen) atoms. The molecule has 1 amide bonds. The number of hydrogen-bond acceptors (Lipinski definition) is 4. The molecule has 5 nitrogen and oxygen atoms in total. The van der Waals surface area contributed by atoms with Crippen molar-refractivity contribution in [1.82, 2.24) is 10.6 Å². The van der Waals surface area contributed by atoms with Gasteiger partial charge >= 0.3 is 0 Å². The summed E-state index contributed by atoms with van der Waals surface area (Å²) < 4.78 is 11.1. The second-order valence-electron chi connectivity index (χ2n) is 4.63. The van der Waals surface area contributed by atoms with Crippen LogP contribution in [0.3, 0.4) is 0 Å². The number of nitrogens with one attached hydrogen (secondary N) is 2. The Labute approximate surface area is 127 Å². The van der Waals surface area contributed by atoms with Crippen LogP contribution in [0, 0.1) is 0 Å². The second kappa shape index (κ2) is 10.0. The number of ether oxygens (including phenoxy) is 2. The summed E-state index contributed by atoms with van der Waals surface area (Å²) >= 11 is 0. The van der Waals surface area contributed by atoms with Gasteiger partial charge in [0.15, 0.2) is 18.1 Å². The monoisotopic (exact) mass is 294 g/mol. The van der Waals surface area contributed by atoms with E-state index in [9.17, 15) is 4.79 Å². The molecule has 1 rings (SSSR count). The summed E-state index contributed by atoms with van der Waals surface area (Å²) in [6.07, 6.45) is 0.912. The van der Waals surface area contributed by atoms with Gasteiger partial charge in [0, 0.05) is 13.1 Å². The van der Waals surface area contributed by atoms with E-state index in [1.165, 1.54) is 0 Å². The highest BCUT2D eigenvalue weighted by Gasteiger charge is 2.09. The molecule has 0 bridgehead atoms. The predicted molar refractivity (Wildman–Crippen MR) is 83.8 cm³/mol. The van der Waals surface area contributed by atoms with Crippen molar-refractivity contribution < 1.29 is 14.3 Å². The van der Waals surface area contributed by atoms with Crippen LogP contribution >= 0.6 is 0 Å². The van der Waals surface area contributed by atoms with Crippen molar-refractivity contribution in [3.63, 3.8) is 0 Å². The zero-order valence-electron chi connectivity index (χ0n) is 13.2. The normalized spacial score (nSPS) is 10.2. The van der Waals surface area contributed by atoms with Gasteiger partial charge in [-0.25, -0.2) is 0 Å². The quantitative estimate of drug-likeness (QED) is 0.694. The van der Waals surface area contributed by atoms with Crippen LogP contribution in [0.2, 0.25) is 0 Å². The van der Waals surface area contributed by atoms with E-state index >= 15 is 0 Å². The maximum absolute atomic E-state index is 11.6. The van der Waals surface area contributed by atoms with E-state index < -0.39 is 0 Å². The maximum atomic E-state index is 11.6. The van der Waals surface area contributed by atoms with E-state index in [0.29, 0.717) is 24.7 Å². The van der Waals surface area contributed by atoms with E-state index in [4.69, 9.17) is 9.47 Å². The lowest BCUT2D eigenvalue weighted by atomic mass is 10.2. The zero-order chi connectivity index (χ0) is 15.5. The van der Waals surface area contributed by atoms with Gasteiger partial charge in [0.1, 0.15) is 0 Å². The molecule has 0 fully saturated rings. The first-order valence-electron chi connectivity index (χ1n) is 7.57. The molecular weight excluding hydrogens is 268 g/mol. The van der Waals surface area contributed by atoms with Crippen LogP contribution in [0.5, 0.6) is 11.5 Å². The Bertz CT molecular complexity index is 436. The van der Waals surface area contributed by atoms with Crippen molar-refractivity contribution in [2.24, 2.45) is 0 Å². The number of hydrogen-bond donors (Lipinski definition) is 2.